The number of sulfonamides is 1. The van der Waals surface area contributed by atoms with Gasteiger partial charge in [0.25, 0.3) is 0 Å². The van der Waals surface area contributed by atoms with Gasteiger partial charge in [-0.25, -0.2) is 18.1 Å². The van der Waals surface area contributed by atoms with Gasteiger partial charge < -0.3 is 4.90 Å². The summed E-state index contributed by atoms with van der Waals surface area (Å²) in [4.78, 5) is 4.89. The highest BCUT2D eigenvalue weighted by Crippen LogP contribution is 2.35. The van der Waals surface area contributed by atoms with E-state index in [4.69, 9.17) is 0 Å². The summed E-state index contributed by atoms with van der Waals surface area (Å²) in [5.74, 6) is 0. The van der Waals surface area contributed by atoms with Crippen LogP contribution in [-0.4, -0.2) is 38.8 Å². The van der Waals surface area contributed by atoms with E-state index in [9.17, 15) is 21.6 Å². The van der Waals surface area contributed by atoms with Crippen molar-refractivity contribution in [2.45, 2.75) is 18.6 Å². The molecule has 0 aliphatic carbocycles. The highest BCUT2D eigenvalue weighted by molar-refractivity contribution is 7.88. The number of hydrogen-bond acceptors (Lipinski definition) is 4. The van der Waals surface area contributed by atoms with Gasteiger partial charge in [-0.15, -0.1) is 0 Å². The van der Waals surface area contributed by atoms with Crippen LogP contribution in [0.2, 0.25) is 0 Å². The van der Waals surface area contributed by atoms with Gasteiger partial charge >= 0.3 is 6.18 Å². The van der Waals surface area contributed by atoms with Gasteiger partial charge in [0.05, 0.1) is 11.9 Å². The fourth-order valence-electron chi connectivity index (χ4n) is 2.25. The molecule has 0 spiro atoms. The van der Waals surface area contributed by atoms with Gasteiger partial charge in [-0.2, -0.15) is 13.2 Å². The molecule has 9 heteroatoms. The van der Waals surface area contributed by atoms with E-state index in [1.807, 2.05) is 0 Å². The average Bonchev–Trinajstić information content (AvgIpc) is 2.74. The maximum Gasteiger partial charge on any atom is 0.435 e. The Bertz CT molecular complexity index is 589. The van der Waals surface area contributed by atoms with Gasteiger partial charge in [-0.1, -0.05) is 0 Å². The molecule has 20 heavy (non-hydrogen) atoms. The first kappa shape index (κ1) is 15.0. The van der Waals surface area contributed by atoms with E-state index in [2.05, 4.69) is 9.71 Å². The minimum absolute atomic E-state index is 0.0159. The largest absolute Gasteiger partial charge is 0.435 e. The monoisotopic (exact) mass is 309 g/mol. The molecule has 1 N–H and O–H groups in total. The molecule has 0 aromatic carbocycles. The third kappa shape index (κ3) is 3.60. The zero-order valence-electron chi connectivity index (χ0n) is 10.7. The lowest BCUT2D eigenvalue weighted by Crippen LogP contribution is -2.36. The number of anilines is 1. The molecule has 1 fully saturated rings. The van der Waals surface area contributed by atoms with Crippen LogP contribution in [0.25, 0.3) is 0 Å². The normalized spacial score (nSPS) is 20.4. The molecule has 112 valence electrons. The molecule has 1 saturated heterocycles. The molecule has 0 amide bonds. The number of nitrogens with one attached hydrogen (secondary N) is 1. The molecule has 2 rings (SSSR count). The van der Waals surface area contributed by atoms with Gasteiger partial charge in [0.15, 0.2) is 5.69 Å². The molecule has 1 aromatic heterocycles. The second-order valence-corrected chi connectivity index (χ2v) is 6.47. The Balaban J connectivity index is 2.19. The van der Waals surface area contributed by atoms with Crippen molar-refractivity contribution in [3.63, 3.8) is 0 Å². The van der Waals surface area contributed by atoms with Crippen LogP contribution >= 0.6 is 0 Å². The first-order chi connectivity index (χ1) is 9.17. The van der Waals surface area contributed by atoms with Crippen molar-refractivity contribution in [2.24, 2.45) is 0 Å². The first-order valence-corrected chi connectivity index (χ1v) is 7.80. The van der Waals surface area contributed by atoms with E-state index in [0.717, 1.165) is 12.5 Å². The second kappa shape index (κ2) is 5.21. The number of alkyl halides is 3. The van der Waals surface area contributed by atoms with Crippen molar-refractivity contribution in [3.8, 4) is 0 Å². The van der Waals surface area contributed by atoms with Crippen LogP contribution < -0.4 is 9.62 Å². The lowest BCUT2D eigenvalue weighted by atomic mass is 10.2. The van der Waals surface area contributed by atoms with E-state index in [1.54, 1.807) is 0 Å². The summed E-state index contributed by atoms with van der Waals surface area (Å²) in [6, 6.07) is 2.40. The maximum atomic E-state index is 12.9. The summed E-state index contributed by atoms with van der Waals surface area (Å²) in [5, 5.41) is 0. The molecular weight excluding hydrogens is 295 g/mol. The molecule has 1 aromatic rings. The number of hydrogen-bond donors (Lipinski definition) is 1. The number of nitrogens with zero attached hydrogens (tertiary/aromatic N) is 2. The molecule has 0 radical (unpaired) electrons. The predicted octanol–water partition coefficient (Wildman–Crippen LogP) is 1.23. The Morgan fingerprint density at radius 3 is 2.75 bits per heavy atom. The summed E-state index contributed by atoms with van der Waals surface area (Å²) >= 11 is 0. The van der Waals surface area contributed by atoms with Gasteiger partial charge in [0.1, 0.15) is 0 Å². The van der Waals surface area contributed by atoms with Crippen LogP contribution in [0.1, 0.15) is 12.1 Å². The molecule has 5 nitrogen and oxygen atoms in total. The molecule has 1 aliphatic rings. The summed E-state index contributed by atoms with van der Waals surface area (Å²) in [5.41, 5.74) is -0.960. The van der Waals surface area contributed by atoms with E-state index in [-0.39, 0.29) is 18.3 Å². The van der Waals surface area contributed by atoms with Crippen molar-refractivity contribution < 1.29 is 21.6 Å². The van der Waals surface area contributed by atoms with Crippen LogP contribution in [0.5, 0.6) is 0 Å². The third-order valence-corrected chi connectivity index (χ3v) is 3.73. The smallest absolute Gasteiger partial charge is 0.368 e. The summed E-state index contributed by atoms with van der Waals surface area (Å²) in [6.45, 7) is 0.545. The molecule has 1 aliphatic heterocycles. The van der Waals surface area contributed by atoms with Gasteiger partial charge in [-0.05, 0) is 18.6 Å². The van der Waals surface area contributed by atoms with E-state index in [0.29, 0.717) is 13.0 Å². The highest BCUT2D eigenvalue weighted by Gasteiger charge is 2.38. The SMILES string of the molecule is CS(=O)(=O)NC1CCN(c2cccnc2C(F)(F)F)C1. The Kier molecular flexibility index (Phi) is 3.92. The van der Waals surface area contributed by atoms with Crippen molar-refractivity contribution >= 4 is 15.7 Å². The van der Waals surface area contributed by atoms with Gasteiger partial charge in [0.2, 0.25) is 10.0 Å². The van der Waals surface area contributed by atoms with Gasteiger partial charge in [0, 0.05) is 25.3 Å². The summed E-state index contributed by atoms with van der Waals surface area (Å²) in [6.07, 6.45) is -1.95. The Morgan fingerprint density at radius 1 is 1.45 bits per heavy atom. The van der Waals surface area contributed by atoms with E-state index >= 15 is 0 Å². The fraction of sp³-hybridized carbons (Fsp3) is 0.545. The molecule has 2 heterocycles. The summed E-state index contributed by atoms with van der Waals surface area (Å²) in [7, 11) is -3.37. The lowest BCUT2D eigenvalue weighted by Gasteiger charge is -2.22. The number of rotatable bonds is 3. The van der Waals surface area contributed by atoms with Crippen LogP contribution in [0, 0.1) is 0 Å². The Morgan fingerprint density at radius 2 is 2.15 bits per heavy atom. The average molecular weight is 309 g/mol. The Labute approximate surface area is 114 Å². The topological polar surface area (TPSA) is 62.3 Å². The van der Waals surface area contributed by atoms with Crippen molar-refractivity contribution in [2.75, 3.05) is 24.2 Å². The van der Waals surface area contributed by atoms with Crippen molar-refractivity contribution in [1.82, 2.24) is 9.71 Å². The molecule has 0 saturated carbocycles. The lowest BCUT2D eigenvalue weighted by molar-refractivity contribution is -0.140. The third-order valence-electron chi connectivity index (χ3n) is 2.96. The van der Waals surface area contributed by atoms with E-state index < -0.39 is 21.9 Å². The zero-order valence-corrected chi connectivity index (χ0v) is 11.5. The minimum Gasteiger partial charge on any atom is -0.368 e. The highest BCUT2D eigenvalue weighted by atomic mass is 32.2. The predicted molar refractivity (Wildman–Crippen MR) is 67.8 cm³/mol. The molecule has 0 bridgehead atoms. The zero-order chi connectivity index (χ0) is 15.0. The number of aromatic nitrogens is 1. The number of pyridine rings is 1. The standard InChI is InChI=1S/C11H14F3N3O2S/c1-20(18,19)16-8-4-6-17(7-8)9-3-2-5-15-10(9)11(12,13)14/h2-3,5,8,16H,4,6-7H2,1H3. The minimum atomic E-state index is -4.53. The molecule has 1 unspecified atom stereocenters. The van der Waals surface area contributed by atoms with Crippen molar-refractivity contribution in [1.29, 1.82) is 0 Å². The number of halogens is 3. The molecule has 1 atom stereocenters. The van der Waals surface area contributed by atoms with Crippen LogP contribution in [0.4, 0.5) is 18.9 Å². The van der Waals surface area contributed by atoms with E-state index in [1.165, 1.54) is 17.0 Å². The second-order valence-electron chi connectivity index (χ2n) is 4.69. The van der Waals surface area contributed by atoms with Gasteiger partial charge in [-0.3, -0.25) is 0 Å². The van der Waals surface area contributed by atoms with Crippen LogP contribution in [-0.2, 0) is 16.2 Å². The summed E-state index contributed by atoms with van der Waals surface area (Å²) < 4.78 is 63.3. The maximum absolute atomic E-state index is 12.9. The molecular formula is C11H14F3N3O2S. The fourth-order valence-corrected chi connectivity index (χ4v) is 3.05. The Hall–Kier alpha value is -1.35. The van der Waals surface area contributed by atoms with Crippen molar-refractivity contribution in [3.05, 3.63) is 24.0 Å². The van der Waals surface area contributed by atoms with Crippen LogP contribution in [0.15, 0.2) is 18.3 Å². The van der Waals surface area contributed by atoms with Crippen LogP contribution in [0.3, 0.4) is 0 Å². The first-order valence-electron chi connectivity index (χ1n) is 5.91. The quantitative estimate of drug-likeness (QED) is 0.912.